The Kier molecular flexibility index (Phi) is 12.9. The fourth-order valence-electron chi connectivity index (χ4n) is 7.17. The number of morpholine rings is 1. The predicted octanol–water partition coefficient (Wildman–Crippen LogP) is 4.52. The Morgan fingerprint density at radius 3 is 2.49 bits per heavy atom. The van der Waals surface area contributed by atoms with Crippen LogP contribution in [-0.2, 0) is 30.3 Å². The predicted molar refractivity (Wildman–Crippen MR) is 183 cm³/mol. The number of aliphatic hydroxyl groups is 1. The zero-order chi connectivity index (χ0) is 34.8. The highest BCUT2D eigenvalue weighted by Gasteiger charge is 2.49. The molecule has 268 valence electrons. The second kappa shape index (κ2) is 17.3. The van der Waals surface area contributed by atoms with Crippen LogP contribution in [-0.4, -0.2) is 104 Å². The molecule has 1 saturated carbocycles. The van der Waals surface area contributed by atoms with Gasteiger partial charge in [0.05, 0.1) is 27.4 Å². The molecular weight excluding hydrogens is 628 g/mol. The number of hydrogen-bond acceptors (Lipinski definition) is 10. The zero-order valence-electron chi connectivity index (χ0n) is 29.2. The van der Waals surface area contributed by atoms with Crippen molar-refractivity contribution in [3.8, 4) is 17.2 Å². The number of nitrogens with zero attached hydrogens (tertiary/aromatic N) is 2. The van der Waals surface area contributed by atoms with E-state index in [2.05, 4.69) is 4.90 Å². The Balaban J connectivity index is 1.33. The van der Waals surface area contributed by atoms with Gasteiger partial charge in [0.1, 0.15) is 30.1 Å². The number of hydrogen-bond donors (Lipinski definition) is 1. The Hall–Kier alpha value is -3.67. The maximum Gasteiger partial charge on any atom is 0.329 e. The molecule has 0 aromatic heterocycles. The molecule has 2 heterocycles. The molecule has 2 aromatic rings. The van der Waals surface area contributed by atoms with Gasteiger partial charge in [0, 0.05) is 26.2 Å². The lowest BCUT2D eigenvalue weighted by molar-refractivity contribution is -0.169. The van der Waals surface area contributed by atoms with E-state index in [1.54, 1.807) is 14.2 Å². The third kappa shape index (κ3) is 9.12. The van der Waals surface area contributed by atoms with Gasteiger partial charge in [-0.15, -0.1) is 0 Å². The van der Waals surface area contributed by atoms with Gasteiger partial charge in [0.25, 0.3) is 11.7 Å². The summed E-state index contributed by atoms with van der Waals surface area (Å²) in [5.41, 5.74) is 0.0464. The van der Waals surface area contributed by atoms with E-state index in [0.717, 1.165) is 56.8 Å². The van der Waals surface area contributed by atoms with Gasteiger partial charge in [-0.1, -0.05) is 38.0 Å². The average molecular weight is 681 g/mol. The number of likely N-dealkylation sites (tertiary alicyclic amines) is 1. The Morgan fingerprint density at radius 1 is 0.959 bits per heavy atom. The SMILES string of the molecule is COc1ccc(CC[C@@H](OC(=O)[C@@H]2CCCCN2C(=O)C(=O)C2(O)CCCCC2C)c2cccc(OCCN3CCOCC3)c2)cc1OC. The van der Waals surface area contributed by atoms with Crippen molar-refractivity contribution < 1.29 is 43.2 Å². The number of piperidine rings is 1. The number of aryl methyl sites for hydroxylation is 1. The maximum atomic E-state index is 14.0. The van der Waals surface area contributed by atoms with Crippen LogP contribution < -0.4 is 14.2 Å². The second-order valence-corrected chi connectivity index (χ2v) is 13.4. The zero-order valence-corrected chi connectivity index (χ0v) is 29.2. The monoisotopic (exact) mass is 680 g/mol. The van der Waals surface area contributed by atoms with Gasteiger partial charge in [0.2, 0.25) is 0 Å². The normalized spacial score (nSPS) is 23.7. The first-order valence-electron chi connectivity index (χ1n) is 17.8. The number of ether oxygens (including phenoxy) is 5. The standard InChI is InChI=1S/C38H52N2O9/c1-27-9-4-6-17-38(27,44)35(41)36(42)40-18-7-5-12-31(40)37(43)49-32(15-13-28-14-16-33(45-2)34(25-28)46-3)29-10-8-11-30(26-29)48-24-21-39-19-22-47-23-20-39/h8,10-11,14,16,25-27,31-32,44H,4-7,9,12-13,15,17-24H2,1-3H3/t27?,31-,32+,38?/m0/s1. The highest BCUT2D eigenvalue weighted by molar-refractivity contribution is 6.39. The number of ketones is 1. The highest BCUT2D eigenvalue weighted by Crippen LogP contribution is 2.36. The van der Waals surface area contributed by atoms with Crippen LogP contribution in [0.2, 0.25) is 0 Å². The summed E-state index contributed by atoms with van der Waals surface area (Å²) in [4.78, 5) is 44.8. The number of carbonyl (C=O) groups excluding carboxylic acids is 3. The third-order valence-electron chi connectivity index (χ3n) is 10.3. The minimum atomic E-state index is -1.70. The Morgan fingerprint density at radius 2 is 1.73 bits per heavy atom. The van der Waals surface area contributed by atoms with Crippen LogP contribution in [0.5, 0.6) is 17.2 Å². The summed E-state index contributed by atoms with van der Waals surface area (Å²) in [6, 6.07) is 12.4. The Labute approximate surface area is 289 Å². The lowest BCUT2D eigenvalue weighted by Gasteiger charge is -2.39. The molecule has 1 N–H and O–H groups in total. The largest absolute Gasteiger partial charge is 0.493 e. The van der Waals surface area contributed by atoms with Crippen LogP contribution in [0, 0.1) is 5.92 Å². The number of carbonyl (C=O) groups is 3. The smallest absolute Gasteiger partial charge is 0.329 e. The minimum absolute atomic E-state index is 0.255. The van der Waals surface area contributed by atoms with Gasteiger partial charge in [-0.05, 0) is 86.3 Å². The van der Waals surface area contributed by atoms with E-state index in [4.69, 9.17) is 23.7 Å². The molecule has 2 aliphatic heterocycles. The quantitative estimate of drug-likeness (QED) is 0.225. The molecule has 0 bridgehead atoms. The van der Waals surface area contributed by atoms with Crippen molar-refractivity contribution in [1.82, 2.24) is 9.80 Å². The molecule has 3 fully saturated rings. The van der Waals surface area contributed by atoms with Crippen LogP contribution in [0.25, 0.3) is 0 Å². The number of methoxy groups -OCH3 is 2. The van der Waals surface area contributed by atoms with E-state index in [9.17, 15) is 19.5 Å². The first-order chi connectivity index (χ1) is 23.7. The van der Waals surface area contributed by atoms with Gasteiger partial charge in [-0.2, -0.15) is 0 Å². The minimum Gasteiger partial charge on any atom is -0.493 e. The fraction of sp³-hybridized carbons (Fsp3) is 0.605. The van der Waals surface area contributed by atoms with Crippen molar-refractivity contribution in [3.05, 3.63) is 53.6 Å². The number of Topliss-reactive ketones (excluding diaryl/α,β-unsaturated/α-hetero) is 1. The first-order valence-corrected chi connectivity index (χ1v) is 17.8. The first kappa shape index (κ1) is 36.6. The van der Waals surface area contributed by atoms with Gasteiger partial charge >= 0.3 is 5.97 Å². The molecule has 2 unspecified atom stereocenters. The lowest BCUT2D eigenvalue weighted by atomic mass is 9.73. The Bertz CT molecular complexity index is 1430. The van der Waals surface area contributed by atoms with E-state index in [1.165, 1.54) is 4.90 Å². The van der Waals surface area contributed by atoms with E-state index in [-0.39, 0.29) is 18.9 Å². The summed E-state index contributed by atoms with van der Waals surface area (Å²) < 4.78 is 28.7. The number of amides is 1. The maximum absolute atomic E-state index is 14.0. The molecule has 11 heteroatoms. The van der Waals surface area contributed by atoms with E-state index >= 15 is 0 Å². The van der Waals surface area contributed by atoms with Crippen molar-refractivity contribution in [2.45, 2.75) is 82.5 Å². The van der Waals surface area contributed by atoms with Crippen molar-refractivity contribution in [2.24, 2.45) is 5.92 Å². The molecule has 49 heavy (non-hydrogen) atoms. The average Bonchev–Trinajstić information content (AvgIpc) is 3.14. The topological polar surface area (TPSA) is 124 Å². The molecular formula is C38H52N2O9. The molecule has 4 atom stereocenters. The van der Waals surface area contributed by atoms with Crippen molar-refractivity contribution in [1.29, 1.82) is 0 Å². The van der Waals surface area contributed by atoms with Crippen LogP contribution in [0.15, 0.2) is 42.5 Å². The molecule has 3 aliphatic rings. The summed E-state index contributed by atoms with van der Waals surface area (Å²) in [6.07, 6.45) is 4.68. The molecule has 0 spiro atoms. The number of benzene rings is 2. The van der Waals surface area contributed by atoms with Crippen molar-refractivity contribution >= 4 is 17.7 Å². The summed E-state index contributed by atoms with van der Waals surface area (Å²) in [6.45, 7) is 6.57. The lowest BCUT2D eigenvalue weighted by Crippen LogP contribution is -2.58. The van der Waals surface area contributed by atoms with Crippen LogP contribution in [0.1, 0.15) is 75.5 Å². The summed E-state index contributed by atoms with van der Waals surface area (Å²) in [7, 11) is 3.18. The van der Waals surface area contributed by atoms with Crippen LogP contribution in [0.4, 0.5) is 0 Å². The summed E-state index contributed by atoms with van der Waals surface area (Å²) >= 11 is 0. The van der Waals surface area contributed by atoms with Crippen molar-refractivity contribution in [2.75, 3.05) is 60.2 Å². The van der Waals surface area contributed by atoms with Gasteiger partial charge < -0.3 is 33.7 Å². The molecule has 1 amide bonds. The molecule has 11 nitrogen and oxygen atoms in total. The number of esters is 1. The second-order valence-electron chi connectivity index (χ2n) is 13.4. The van der Waals surface area contributed by atoms with E-state index in [1.807, 2.05) is 49.4 Å². The van der Waals surface area contributed by atoms with Gasteiger partial charge in [-0.3, -0.25) is 14.5 Å². The van der Waals surface area contributed by atoms with Gasteiger partial charge in [0.15, 0.2) is 11.5 Å². The van der Waals surface area contributed by atoms with E-state index in [0.29, 0.717) is 62.4 Å². The molecule has 2 aromatic carbocycles. The van der Waals surface area contributed by atoms with E-state index < -0.39 is 35.4 Å². The highest BCUT2D eigenvalue weighted by atomic mass is 16.5. The van der Waals surface area contributed by atoms with Gasteiger partial charge in [-0.25, -0.2) is 4.79 Å². The molecule has 5 rings (SSSR count). The summed E-state index contributed by atoms with van der Waals surface area (Å²) in [5, 5.41) is 11.3. The van der Waals surface area contributed by atoms with Crippen LogP contribution in [0.3, 0.4) is 0 Å². The van der Waals surface area contributed by atoms with Crippen molar-refractivity contribution in [3.63, 3.8) is 0 Å². The third-order valence-corrected chi connectivity index (χ3v) is 10.3. The molecule has 2 saturated heterocycles. The van der Waals surface area contributed by atoms with Crippen LogP contribution >= 0.6 is 0 Å². The number of rotatable bonds is 14. The fourth-order valence-corrected chi connectivity index (χ4v) is 7.17. The molecule has 1 aliphatic carbocycles. The molecule has 0 radical (unpaired) electrons. The summed E-state index contributed by atoms with van der Waals surface area (Å²) in [5.74, 6) is -0.577.